The molecule has 2 aromatic rings. The van der Waals surface area contributed by atoms with Gasteiger partial charge in [0.2, 0.25) is 10.0 Å². The van der Waals surface area contributed by atoms with E-state index in [1.165, 1.54) is 12.1 Å². The van der Waals surface area contributed by atoms with Gasteiger partial charge in [-0.2, -0.15) is 0 Å². The second-order valence-corrected chi connectivity index (χ2v) is 9.61. The minimum atomic E-state index is -3.63. The molecule has 0 spiro atoms. The second kappa shape index (κ2) is 10.2. The number of likely N-dealkylation sites (tertiary alicyclic amines) is 1. The highest BCUT2D eigenvalue weighted by Crippen LogP contribution is 2.23. The highest BCUT2D eigenvalue weighted by molar-refractivity contribution is 7.89. The number of hydrogen-bond donors (Lipinski definition) is 1. The summed E-state index contributed by atoms with van der Waals surface area (Å²) in [7, 11) is -3.63. The van der Waals surface area contributed by atoms with Crippen LogP contribution in [0.2, 0.25) is 0 Å². The molecule has 168 valence electrons. The van der Waals surface area contributed by atoms with Crippen LogP contribution < -0.4 is 9.46 Å². The lowest BCUT2D eigenvalue weighted by Crippen LogP contribution is -2.41. The first-order valence-corrected chi connectivity index (χ1v) is 12.1. The topological polar surface area (TPSA) is 75.7 Å². The van der Waals surface area contributed by atoms with Crippen molar-refractivity contribution in [2.45, 2.75) is 38.0 Å². The van der Waals surface area contributed by atoms with Crippen LogP contribution in [0.3, 0.4) is 0 Å². The monoisotopic (exact) mass is 448 g/mol. The van der Waals surface area contributed by atoms with Crippen molar-refractivity contribution in [3.05, 3.63) is 59.4 Å². The summed E-state index contributed by atoms with van der Waals surface area (Å²) in [6.45, 7) is 5.68. The zero-order valence-corrected chi connectivity index (χ0v) is 18.8. The van der Waals surface area contributed by atoms with Crippen molar-refractivity contribution < 1.29 is 22.3 Å². The first kappa shape index (κ1) is 23.2. The molecule has 2 aromatic carbocycles. The summed E-state index contributed by atoms with van der Waals surface area (Å²) < 4.78 is 47.5. The summed E-state index contributed by atoms with van der Waals surface area (Å²) >= 11 is 0. The largest absolute Gasteiger partial charge is 0.493 e. The highest BCUT2D eigenvalue weighted by atomic mass is 32.2. The summed E-state index contributed by atoms with van der Waals surface area (Å²) in [4.78, 5) is 14.4. The quantitative estimate of drug-likeness (QED) is 0.667. The van der Waals surface area contributed by atoms with Gasteiger partial charge in [-0.15, -0.1) is 0 Å². The third-order valence-electron chi connectivity index (χ3n) is 5.49. The van der Waals surface area contributed by atoms with Gasteiger partial charge in [0.1, 0.15) is 11.6 Å². The predicted octanol–water partition coefficient (Wildman–Crippen LogP) is 3.75. The van der Waals surface area contributed by atoms with E-state index in [9.17, 15) is 17.6 Å². The van der Waals surface area contributed by atoms with Gasteiger partial charge in [-0.3, -0.25) is 4.79 Å². The number of carbonyl (C=O) groups excluding carboxylic acids is 1. The minimum absolute atomic E-state index is 0.0726. The lowest BCUT2D eigenvalue weighted by atomic mass is 9.96. The van der Waals surface area contributed by atoms with E-state index in [1.54, 1.807) is 35.2 Å². The standard InChI is InChI=1S/C23H29FN2O4S/c1-3-14-30-22-9-8-19(15-17(22)2)31(28,29)25-16-18-10-12-26(13-11-18)23(27)20-6-4-5-7-21(20)24/h4-9,15,18,25H,3,10-14,16H2,1-2H3. The average Bonchev–Trinajstić information content (AvgIpc) is 2.77. The summed E-state index contributed by atoms with van der Waals surface area (Å²) in [5, 5.41) is 0. The molecule has 0 aromatic heterocycles. The molecule has 0 saturated carbocycles. The molecule has 1 fully saturated rings. The fraction of sp³-hybridized carbons (Fsp3) is 0.435. The summed E-state index contributed by atoms with van der Waals surface area (Å²) in [5.74, 6) is -0.0397. The van der Waals surface area contributed by atoms with Crippen LogP contribution in [-0.4, -0.2) is 45.5 Å². The first-order chi connectivity index (χ1) is 14.8. The zero-order valence-electron chi connectivity index (χ0n) is 17.9. The molecule has 1 saturated heterocycles. The normalized spacial score (nSPS) is 15.1. The number of aryl methyl sites for hydroxylation is 1. The molecule has 1 heterocycles. The Morgan fingerprint density at radius 1 is 1.19 bits per heavy atom. The van der Waals surface area contributed by atoms with Gasteiger partial charge in [0.05, 0.1) is 17.1 Å². The predicted molar refractivity (Wildman–Crippen MR) is 117 cm³/mol. The number of rotatable bonds is 8. The van der Waals surface area contributed by atoms with E-state index in [4.69, 9.17) is 4.74 Å². The van der Waals surface area contributed by atoms with Gasteiger partial charge in [-0.1, -0.05) is 19.1 Å². The minimum Gasteiger partial charge on any atom is -0.493 e. The van der Waals surface area contributed by atoms with E-state index < -0.39 is 15.8 Å². The van der Waals surface area contributed by atoms with E-state index in [0.29, 0.717) is 44.8 Å². The second-order valence-electron chi connectivity index (χ2n) is 7.84. The number of nitrogens with one attached hydrogen (secondary N) is 1. The lowest BCUT2D eigenvalue weighted by molar-refractivity contribution is 0.0687. The van der Waals surface area contributed by atoms with Crippen molar-refractivity contribution in [1.29, 1.82) is 0 Å². The van der Waals surface area contributed by atoms with Crippen LogP contribution in [0.15, 0.2) is 47.4 Å². The van der Waals surface area contributed by atoms with E-state index in [-0.39, 0.29) is 22.3 Å². The molecular formula is C23H29FN2O4S. The Labute approximate surface area is 183 Å². The Morgan fingerprint density at radius 2 is 1.90 bits per heavy atom. The summed E-state index contributed by atoms with van der Waals surface area (Å²) in [5.41, 5.74) is 0.847. The third-order valence-corrected chi connectivity index (χ3v) is 6.91. The van der Waals surface area contributed by atoms with Crippen LogP contribution in [0.5, 0.6) is 5.75 Å². The SMILES string of the molecule is CCCOc1ccc(S(=O)(=O)NCC2CCN(C(=O)c3ccccc3F)CC2)cc1C. The van der Waals surface area contributed by atoms with Crippen molar-refractivity contribution >= 4 is 15.9 Å². The molecule has 1 aliphatic heterocycles. The number of benzene rings is 2. The van der Waals surface area contributed by atoms with Gasteiger partial charge in [-0.05, 0) is 68.0 Å². The molecule has 1 aliphatic rings. The number of piperidine rings is 1. The molecule has 0 unspecified atom stereocenters. The molecule has 0 radical (unpaired) electrons. The number of halogens is 1. The van der Waals surface area contributed by atoms with Crippen molar-refractivity contribution in [2.24, 2.45) is 5.92 Å². The van der Waals surface area contributed by atoms with E-state index in [1.807, 2.05) is 13.8 Å². The Balaban J connectivity index is 1.53. The molecule has 31 heavy (non-hydrogen) atoms. The van der Waals surface area contributed by atoms with Crippen molar-refractivity contribution in [3.8, 4) is 5.75 Å². The van der Waals surface area contributed by atoms with Crippen LogP contribution in [0, 0.1) is 18.7 Å². The van der Waals surface area contributed by atoms with Gasteiger partial charge < -0.3 is 9.64 Å². The molecular weight excluding hydrogens is 419 g/mol. The fourth-order valence-electron chi connectivity index (χ4n) is 3.62. The van der Waals surface area contributed by atoms with Crippen LogP contribution in [0.4, 0.5) is 4.39 Å². The number of ether oxygens (including phenoxy) is 1. The van der Waals surface area contributed by atoms with Crippen LogP contribution in [-0.2, 0) is 10.0 Å². The maximum absolute atomic E-state index is 13.9. The molecule has 1 N–H and O–H groups in total. The van der Waals surface area contributed by atoms with Crippen molar-refractivity contribution in [1.82, 2.24) is 9.62 Å². The van der Waals surface area contributed by atoms with Gasteiger partial charge >= 0.3 is 0 Å². The molecule has 0 atom stereocenters. The van der Waals surface area contributed by atoms with Crippen LogP contribution >= 0.6 is 0 Å². The number of sulfonamides is 1. The summed E-state index contributed by atoms with van der Waals surface area (Å²) in [6, 6.07) is 10.8. The Morgan fingerprint density at radius 3 is 2.55 bits per heavy atom. The maximum atomic E-state index is 13.9. The molecule has 0 bridgehead atoms. The van der Waals surface area contributed by atoms with Crippen molar-refractivity contribution in [3.63, 3.8) is 0 Å². The number of nitrogens with zero attached hydrogens (tertiary/aromatic N) is 1. The maximum Gasteiger partial charge on any atom is 0.256 e. The van der Waals surface area contributed by atoms with E-state index in [0.717, 1.165) is 12.0 Å². The average molecular weight is 449 g/mol. The molecule has 0 aliphatic carbocycles. The van der Waals surface area contributed by atoms with E-state index in [2.05, 4.69) is 4.72 Å². The molecule has 3 rings (SSSR count). The summed E-state index contributed by atoms with van der Waals surface area (Å²) in [6.07, 6.45) is 2.20. The number of hydrogen-bond acceptors (Lipinski definition) is 4. The Hall–Kier alpha value is -2.45. The number of carbonyl (C=O) groups is 1. The first-order valence-electron chi connectivity index (χ1n) is 10.6. The Kier molecular flexibility index (Phi) is 7.67. The van der Waals surface area contributed by atoms with Gasteiger partial charge in [0.25, 0.3) is 5.91 Å². The van der Waals surface area contributed by atoms with Crippen LogP contribution in [0.1, 0.15) is 42.1 Å². The smallest absolute Gasteiger partial charge is 0.256 e. The van der Waals surface area contributed by atoms with Gasteiger partial charge in [-0.25, -0.2) is 17.5 Å². The third kappa shape index (κ3) is 5.83. The van der Waals surface area contributed by atoms with E-state index >= 15 is 0 Å². The molecule has 8 heteroatoms. The Bertz CT molecular complexity index is 1020. The zero-order chi connectivity index (χ0) is 22.4. The lowest BCUT2D eigenvalue weighted by Gasteiger charge is -2.32. The molecule has 1 amide bonds. The highest BCUT2D eigenvalue weighted by Gasteiger charge is 2.26. The fourth-order valence-corrected chi connectivity index (χ4v) is 4.82. The number of amides is 1. The molecule has 6 nitrogen and oxygen atoms in total. The van der Waals surface area contributed by atoms with Crippen LogP contribution in [0.25, 0.3) is 0 Å². The van der Waals surface area contributed by atoms with Gasteiger partial charge in [0.15, 0.2) is 0 Å². The van der Waals surface area contributed by atoms with Crippen molar-refractivity contribution in [2.75, 3.05) is 26.2 Å². The van der Waals surface area contributed by atoms with Gasteiger partial charge in [0, 0.05) is 19.6 Å².